The number of rotatable bonds is 9. The Morgan fingerprint density at radius 2 is 1.00 bits per heavy atom. The van der Waals surface area contributed by atoms with Gasteiger partial charge in [0, 0.05) is 0 Å². The molecule has 0 aliphatic rings. The molecule has 106 valence electrons. The lowest BCUT2D eigenvalue weighted by atomic mass is 9.76. The zero-order valence-electron chi connectivity index (χ0n) is 13.4. The first-order valence-corrected chi connectivity index (χ1v) is 7.87. The Labute approximate surface area is 116 Å². The Morgan fingerprint density at radius 3 is 1.22 bits per heavy atom. The zero-order valence-corrected chi connectivity index (χ0v) is 13.4. The highest BCUT2D eigenvalue weighted by Gasteiger charge is 2.22. The van der Waals surface area contributed by atoms with Gasteiger partial charge in [-0.15, -0.1) is 0 Å². The van der Waals surface area contributed by atoms with Crippen LogP contribution in [0.3, 0.4) is 0 Å². The fourth-order valence-corrected chi connectivity index (χ4v) is 2.43. The SMILES string of the molecule is CCCC=CC(C(C)C)C(C=CCCC)C(C)C. The lowest BCUT2D eigenvalue weighted by Gasteiger charge is -2.28. The van der Waals surface area contributed by atoms with E-state index in [0.29, 0.717) is 11.8 Å². The fraction of sp³-hybridized carbons (Fsp3) is 0.778. The second-order valence-electron chi connectivity index (χ2n) is 6.08. The van der Waals surface area contributed by atoms with E-state index in [9.17, 15) is 0 Å². The average molecular weight is 250 g/mol. The van der Waals surface area contributed by atoms with Crippen LogP contribution in [0.15, 0.2) is 24.3 Å². The molecular formula is C18H34. The molecule has 0 saturated carbocycles. The van der Waals surface area contributed by atoms with Crippen molar-refractivity contribution in [1.29, 1.82) is 0 Å². The van der Waals surface area contributed by atoms with Gasteiger partial charge in [0.2, 0.25) is 0 Å². The van der Waals surface area contributed by atoms with Crippen molar-refractivity contribution in [3.8, 4) is 0 Å². The number of unbranched alkanes of at least 4 members (excludes halogenated alkanes) is 2. The van der Waals surface area contributed by atoms with E-state index >= 15 is 0 Å². The minimum Gasteiger partial charge on any atom is -0.0882 e. The van der Waals surface area contributed by atoms with Crippen LogP contribution in [0.25, 0.3) is 0 Å². The van der Waals surface area contributed by atoms with Crippen LogP contribution in [-0.2, 0) is 0 Å². The van der Waals surface area contributed by atoms with Gasteiger partial charge in [-0.1, -0.05) is 78.7 Å². The Bertz CT molecular complexity index is 206. The predicted octanol–water partition coefficient (Wildman–Crippen LogP) is 6.24. The highest BCUT2D eigenvalue weighted by Crippen LogP contribution is 2.30. The van der Waals surface area contributed by atoms with Crippen molar-refractivity contribution in [2.24, 2.45) is 23.7 Å². The first kappa shape index (κ1) is 17.5. The monoisotopic (exact) mass is 250 g/mol. The zero-order chi connectivity index (χ0) is 14.0. The van der Waals surface area contributed by atoms with Crippen molar-refractivity contribution in [2.45, 2.75) is 67.2 Å². The van der Waals surface area contributed by atoms with Gasteiger partial charge in [0.05, 0.1) is 0 Å². The van der Waals surface area contributed by atoms with E-state index in [4.69, 9.17) is 0 Å². The van der Waals surface area contributed by atoms with Gasteiger partial charge in [0.25, 0.3) is 0 Å². The molecule has 0 aromatic heterocycles. The smallest absolute Gasteiger partial charge is 0.0145 e. The summed E-state index contributed by atoms with van der Waals surface area (Å²) in [5.41, 5.74) is 0. The van der Waals surface area contributed by atoms with E-state index in [1.807, 2.05) is 0 Å². The maximum Gasteiger partial charge on any atom is -0.0145 e. The van der Waals surface area contributed by atoms with Crippen LogP contribution < -0.4 is 0 Å². The van der Waals surface area contributed by atoms with E-state index in [1.54, 1.807) is 0 Å². The largest absolute Gasteiger partial charge is 0.0882 e. The van der Waals surface area contributed by atoms with Crippen LogP contribution in [0, 0.1) is 23.7 Å². The van der Waals surface area contributed by atoms with E-state index in [-0.39, 0.29) is 0 Å². The highest BCUT2D eigenvalue weighted by molar-refractivity contribution is 5.01. The molecule has 0 aromatic rings. The van der Waals surface area contributed by atoms with Gasteiger partial charge in [0.1, 0.15) is 0 Å². The maximum absolute atomic E-state index is 2.47. The minimum atomic E-state index is 0.685. The highest BCUT2D eigenvalue weighted by atomic mass is 14.3. The van der Waals surface area contributed by atoms with Crippen LogP contribution in [0.1, 0.15) is 67.2 Å². The summed E-state index contributed by atoms with van der Waals surface area (Å²) in [4.78, 5) is 0. The average Bonchev–Trinajstić information content (AvgIpc) is 2.31. The molecule has 0 saturated heterocycles. The van der Waals surface area contributed by atoms with Gasteiger partial charge in [-0.05, 0) is 36.5 Å². The van der Waals surface area contributed by atoms with Gasteiger partial charge >= 0.3 is 0 Å². The first-order valence-electron chi connectivity index (χ1n) is 7.87. The van der Waals surface area contributed by atoms with E-state index in [1.165, 1.54) is 25.7 Å². The molecule has 0 nitrogen and oxygen atoms in total. The summed E-state index contributed by atoms with van der Waals surface area (Å²) in [7, 11) is 0. The van der Waals surface area contributed by atoms with E-state index in [2.05, 4.69) is 65.8 Å². The second-order valence-corrected chi connectivity index (χ2v) is 6.08. The van der Waals surface area contributed by atoms with Gasteiger partial charge < -0.3 is 0 Å². The van der Waals surface area contributed by atoms with Gasteiger partial charge in [-0.3, -0.25) is 0 Å². The van der Waals surface area contributed by atoms with Crippen molar-refractivity contribution in [3.05, 3.63) is 24.3 Å². The molecule has 0 aliphatic heterocycles. The third-order valence-electron chi connectivity index (χ3n) is 3.61. The molecule has 0 aromatic carbocycles. The molecule has 0 radical (unpaired) electrons. The van der Waals surface area contributed by atoms with Gasteiger partial charge in [-0.2, -0.15) is 0 Å². The topological polar surface area (TPSA) is 0 Å². The summed E-state index contributed by atoms with van der Waals surface area (Å²) in [6.45, 7) is 13.9. The Kier molecular flexibility index (Phi) is 10.1. The van der Waals surface area contributed by atoms with Gasteiger partial charge in [-0.25, -0.2) is 0 Å². The molecular weight excluding hydrogens is 216 g/mol. The van der Waals surface area contributed by atoms with Crippen molar-refractivity contribution in [3.63, 3.8) is 0 Å². The standard InChI is InChI=1S/C18H34/c1-7-9-11-13-17(15(3)4)18(16(5)6)14-12-10-8-2/h11-18H,7-10H2,1-6H3. The van der Waals surface area contributed by atoms with Crippen molar-refractivity contribution < 1.29 is 0 Å². The molecule has 0 fully saturated rings. The van der Waals surface area contributed by atoms with Crippen molar-refractivity contribution in [1.82, 2.24) is 0 Å². The lowest BCUT2D eigenvalue weighted by molar-refractivity contribution is 0.294. The summed E-state index contributed by atoms with van der Waals surface area (Å²) >= 11 is 0. The molecule has 0 spiro atoms. The Hall–Kier alpha value is -0.520. The summed E-state index contributed by atoms with van der Waals surface area (Å²) in [6.07, 6.45) is 14.6. The van der Waals surface area contributed by atoms with Gasteiger partial charge in [0.15, 0.2) is 0 Å². The molecule has 0 heteroatoms. The van der Waals surface area contributed by atoms with E-state index in [0.717, 1.165) is 11.8 Å². The Balaban J connectivity index is 4.76. The fourth-order valence-electron chi connectivity index (χ4n) is 2.43. The quantitative estimate of drug-likeness (QED) is 0.425. The maximum atomic E-state index is 2.47. The van der Waals surface area contributed by atoms with Crippen molar-refractivity contribution >= 4 is 0 Å². The van der Waals surface area contributed by atoms with E-state index < -0.39 is 0 Å². The first-order chi connectivity index (χ1) is 8.54. The summed E-state index contributed by atoms with van der Waals surface area (Å²) < 4.78 is 0. The van der Waals surface area contributed by atoms with Crippen LogP contribution in [0.2, 0.25) is 0 Å². The van der Waals surface area contributed by atoms with Crippen LogP contribution >= 0.6 is 0 Å². The van der Waals surface area contributed by atoms with Crippen LogP contribution in [0.5, 0.6) is 0 Å². The van der Waals surface area contributed by atoms with Crippen LogP contribution in [-0.4, -0.2) is 0 Å². The Morgan fingerprint density at radius 1 is 0.667 bits per heavy atom. The molecule has 18 heavy (non-hydrogen) atoms. The molecule has 2 atom stereocenters. The number of hydrogen-bond donors (Lipinski definition) is 0. The van der Waals surface area contributed by atoms with Crippen LogP contribution in [0.4, 0.5) is 0 Å². The molecule has 0 N–H and O–H groups in total. The third-order valence-corrected chi connectivity index (χ3v) is 3.61. The predicted molar refractivity (Wildman–Crippen MR) is 84.8 cm³/mol. The molecule has 2 unspecified atom stereocenters. The minimum absolute atomic E-state index is 0.685. The summed E-state index contributed by atoms with van der Waals surface area (Å²) in [6, 6.07) is 0. The molecule has 0 heterocycles. The third kappa shape index (κ3) is 7.03. The normalized spacial score (nSPS) is 16.2. The lowest BCUT2D eigenvalue weighted by Crippen LogP contribution is -2.21. The molecule has 0 amide bonds. The number of hydrogen-bond acceptors (Lipinski definition) is 0. The molecule has 0 bridgehead atoms. The molecule has 0 aliphatic carbocycles. The summed E-state index contributed by atoms with van der Waals surface area (Å²) in [5, 5.41) is 0. The summed E-state index contributed by atoms with van der Waals surface area (Å²) in [5.74, 6) is 2.81. The second kappa shape index (κ2) is 10.4. The van der Waals surface area contributed by atoms with Crippen molar-refractivity contribution in [2.75, 3.05) is 0 Å². The molecule has 0 rings (SSSR count). The number of allylic oxidation sites excluding steroid dienone is 4.